The lowest BCUT2D eigenvalue weighted by Crippen LogP contribution is -2.47. The third-order valence-corrected chi connectivity index (χ3v) is 5.26. The number of aliphatic carboxylic acids is 1. The summed E-state index contributed by atoms with van der Waals surface area (Å²) in [7, 11) is 0. The maximum atomic E-state index is 12.3. The van der Waals surface area contributed by atoms with Gasteiger partial charge in [-0.15, -0.1) is 0 Å². The van der Waals surface area contributed by atoms with E-state index >= 15 is 0 Å². The minimum absolute atomic E-state index is 0.0327. The molecule has 2 rings (SSSR count). The highest BCUT2D eigenvalue weighted by Crippen LogP contribution is 2.27. The highest BCUT2D eigenvalue weighted by atomic mass is 32.2. The van der Waals surface area contributed by atoms with Crippen LogP contribution in [0.2, 0.25) is 0 Å². The fraction of sp³-hybridized carbons (Fsp3) is 0.846. The number of hydrogen-bond donors (Lipinski definition) is 1. The molecule has 0 aromatic rings. The maximum Gasteiger partial charge on any atom is 0.332 e. The van der Waals surface area contributed by atoms with Crippen LogP contribution < -0.4 is 0 Å². The van der Waals surface area contributed by atoms with Crippen molar-refractivity contribution in [3.63, 3.8) is 0 Å². The summed E-state index contributed by atoms with van der Waals surface area (Å²) in [6.45, 7) is 5.82. The Bertz CT molecular complexity index is 361. The maximum absolute atomic E-state index is 12.3. The van der Waals surface area contributed by atoms with Crippen LogP contribution in [-0.4, -0.2) is 58.2 Å². The van der Waals surface area contributed by atoms with Crippen molar-refractivity contribution < 1.29 is 19.4 Å². The number of hydrogen-bond acceptors (Lipinski definition) is 4. The third kappa shape index (κ3) is 3.42. The van der Waals surface area contributed by atoms with E-state index in [1.807, 2.05) is 16.7 Å². The first-order valence-corrected chi connectivity index (χ1v) is 7.82. The molecule has 1 unspecified atom stereocenters. The van der Waals surface area contributed by atoms with Gasteiger partial charge in [-0.1, -0.05) is 13.8 Å². The number of carboxylic acid groups (broad SMARTS) is 1. The molecule has 2 aliphatic rings. The van der Waals surface area contributed by atoms with E-state index in [1.165, 1.54) is 0 Å². The van der Waals surface area contributed by atoms with Gasteiger partial charge in [-0.05, 0) is 18.8 Å². The summed E-state index contributed by atoms with van der Waals surface area (Å²) in [5.74, 6) is 0.486. The average Bonchev–Trinajstić information content (AvgIpc) is 2.87. The van der Waals surface area contributed by atoms with Gasteiger partial charge in [0, 0.05) is 24.1 Å². The van der Waals surface area contributed by atoms with E-state index in [-0.39, 0.29) is 5.91 Å². The molecular weight excluding hydrogens is 266 g/mol. The van der Waals surface area contributed by atoms with Crippen molar-refractivity contribution >= 4 is 23.6 Å². The lowest BCUT2D eigenvalue weighted by molar-refractivity contribution is -0.154. The Balaban J connectivity index is 1.91. The number of nitrogens with zero attached hydrogens (tertiary/aromatic N) is 1. The zero-order valence-corrected chi connectivity index (χ0v) is 12.2. The number of amides is 1. The van der Waals surface area contributed by atoms with Crippen LogP contribution >= 0.6 is 11.8 Å². The smallest absolute Gasteiger partial charge is 0.332 e. The normalized spacial score (nSPS) is 31.7. The van der Waals surface area contributed by atoms with Crippen molar-refractivity contribution in [3.8, 4) is 0 Å². The number of ether oxygens (including phenoxy) is 1. The number of carbonyl (C=O) groups excluding carboxylic acids is 1. The van der Waals surface area contributed by atoms with E-state index in [4.69, 9.17) is 9.84 Å². The molecule has 6 heteroatoms. The van der Waals surface area contributed by atoms with Gasteiger partial charge in [0.25, 0.3) is 5.91 Å². The minimum atomic E-state index is -0.968. The Morgan fingerprint density at radius 1 is 1.32 bits per heavy atom. The molecule has 0 aromatic heterocycles. The van der Waals surface area contributed by atoms with Crippen molar-refractivity contribution in [2.75, 3.05) is 18.8 Å². The van der Waals surface area contributed by atoms with Crippen LogP contribution in [0.1, 0.15) is 26.7 Å². The highest BCUT2D eigenvalue weighted by Gasteiger charge is 2.38. The number of carbonyl (C=O) groups is 2. The van der Waals surface area contributed by atoms with Gasteiger partial charge < -0.3 is 14.7 Å². The van der Waals surface area contributed by atoms with Gasteiger partial charge in [-0.25, -0.2) is 4.79 Å². The molecule has 5 nitrogen and oxygen atoms in total. The van der Waals surface area contributed by atoms with Gasteiger partial charge in [0.15, 0.2) is 6.10 Å². The van der Waals surface area contributed by atoms with Crippen molar-refractivity contribution in [1.82, 2.24) is 4.90 Å². The van der Waals surface area contributed by atoms with Crippen molar-refractivity contribution in [3.05, 3.63) is 0 Å². The molecule has 1 N–H and O–H groups in total. The molecule has 1 amide bonds. The topological polar surface area (TPSA) is 66.8 Å². The predicted molar refractivity (Wildman–Crippen MR) is 73.2 cm³/mol. The van der Waals surface area contributed by atoms with E-state index < -0.39 is 18.2 Å². The first-order chi connectivity index (χ1) is 8.99. The van der Waals surface area contributed by atoms with Gasteiger partial charge in [0.1, 0.15) is 6.10 Å². The lowest BCUT2D eigenvalue weighted by Gasteiger charge is -2.35. The summed E-state index contributed by atoms with van der Waals surface area (Å²) in [4.78, 5) is 25.0. The number of rotatable bonds is 3. The molecule has 0 bridgehead atoms. The fourth-order valence-corrected chi connectivity index (χ4v) is 3.78. The summed E-state index contributed by atoms with van der Waals surface area (Å²) in [5.41, 5.74) is 0. The Kier molecular flexibility index (Phi) is 4.73. The number of thioether (sulfide) groups is 1. The second kappa shape index (κ2) is 6.13. The van der Waals surface area contributed by atoms with Gasteiger partial charge in [0.2, 0.25) is 0 Å². The standard InChI is InChI=1S/C13H21NO4S/c1-8(2)11-7-14(5-6-19-11)12(15)9-3-4-10(18-9)13(16)17/h8-11H,3-7H2,1-2H3,(H,16,17)/t9-,10+,11?/m0/s1. The van der Waals surface area contributed by atoms with Crippen LogP contribution in [-0.2, 0) is 14.3 Å². The van der Waals surface area contributed by atoms with Crippen LogP contribution in [0.5, 0.6) is 0 Å². The molecule has 0 spiro atoms. The van der Waals surface area contributed by atoms with Gasteiger partial charge in [0.05, 0.1) is 0 Å². The molecule has 19 heavy (non-hydrogen) atoms. The van der Waals surface area contributed by atoms with Crippen LogP contribution in [0.25, 0.3) is 0 Å². The quantitative estimate of drug-likeness (QED) is 0.845. The number of carboxylic acids is 1. The first-order valence-electron chi connectivity index (χ1n) is 6.77. The van der Waals surface area contributed by atoms with Crippen LogP contribution in [0.3, 0.4) is 0 Å². The van der Waals surface area contributed by atoms with Crippen LogP contribution in [0, 0.1) is 5.92 Å². The second-order valence-corrected chi connectivity index (χ2v) is 6.81. The van der Waals surface area contributed by atoms with Crippen molar-refractivity contribution in [2.24, 2.45) is 5.92 Å². The molecule has 2 fully saturated rings. The zero-order chi connectivity index (χ0) is 14.0. The lowest BCUT2D eigenvalue weighted by atomic mass is 10.1. The van der Waals surface area contributed by atoms with Crippen LogP contribution in [0.15, 0.2) is 0 Å². The van der Waals surface area contributed by atoms with E-state index in [1.54, 1.807) is 0 Å². The zero-order valence-electron chi connectivity index (χ0n) is 11.4. The molecular formula is C13H21NO4S. The molecule has 2 aliphatic heterocycles. The van der Waals surface area contributed by atoms with Crippen molar-refractivity contribution in [1.29, 1.82) is 0 Å². The van der Waals surface area contributed by atoms with Gasteiger partial charge >= 0.3 is 5.97 Å². The Hall–Kier alpha value is -0.750. The molecule has 0 radical (unpaired) electrons. The SMILES string of the molecule is CC(C)C1CN(C(=O)[C@@H]2CC[C@H](C(=O)O)O2)CCS1. The van der Waals surface area contributed by atoms with E-state index in [0.717, 1.165) is 18.8 Å². The molecule has 3 atom stereocenters. The molecule has 2 heterocycles. The van der Waals surface area contributed by atoms with E-state index in [9.17, 15) is 9.59 Å². The largest absolute Gasteiger partial charge is 0.479 e. The molecule has 0 aromatic carbocycles. The first kappa shape index (κ1) is 14.7. The molecule has 108 valence electrons. The van der Waals surface area contributed by atoms with E-state index in [0.29, 0.717) is 24.0 Å². The second-order valence-electron chi connectivity index (χ2n) is 5.47. The van der Waals surface area contributed by atoms with Gasteiger partial charge in [-0.2, -0.15) is 11.8 Å². The summed E-state index contributed by atoms with van der Waals surface area (Å²) >= 11 is 1.91. The van der Waals surface area contributed by atoms with E-state index in [2.05, 4.69) is 13.8 Å². The minimum Gasteiger partial charge on any atom is -0.479 e. The molecule has 0 saturated carbocycles. The van der Waals surface area contributed by atoms with Crippen molar-refractivity contribution in [2.45, 2.75) is 44.1 Å². The Morgan fingerprint density at radius 2 is 2.00 bits per heavy atom. The molecule has 2 saturated heterocycles. The summed E-state index contributed by atoms with van der Waals surface area (Å²) in [6, 6.07) is 0. The predicted octanol–water partition coefficient (Wildman–Crippen LogP) is 1.22. The summed E-state index contributed by atoms with van der Waals surface area (Å²) in [5, 5.41) is 9.35. The third-order valence-electron chi connectivity index (χ3n) is 3.72. The van der Waals surface area contributed by atoms with Crippen LogP contribution in [0.4, 0.5) is 0 Å². The fourth-order valence-electron chi connectivity index (χ4n) is 2.48. The molecule has 0 aliphatic carbocycles. The summed E-state index contributed by atoms with van der Waals surface area (Å²) in [6.07, 6.45) is -0.417. The Morgan fingerprint density at radius 3 is 2.58 bits per heavy atom. The summed E-state index contributed by atoms with van der Waals surface area (Å²) < 4.78 is 5.34. The Labute approximate surface area is 117 Å². The van der Waals surface area contributed by atoms with Gasteiger partial charge in [-0.3, -0.25) is 4.79 Å². The average molecular weight is 287 g/mol. The highest BCUT2D eigenvalue weighted by molar-refractivity contribution is 8.00. The monoisotopic (exact) mass is 287 g/mol.